The first kappa shape index (κ1) is 14.6. The van der Waals surface area contributed by atoms with Gasteiger partial charge in [0.1, 0.15) is 5.75 Å². The van der Waals surface area contributed by atoms with E-state index in [-0.39, 0.29) is 12.4 Å². The van der Waals surface area contributed by atoms with Gasteiger partial charge in [0.2, 0.25) is 0 Å². The average molecular weight is 283 g/mol. The van der Waals surface area contributed by atoms with Crippen LogP contribution in [0.25, 0.3) is 0 Å². The fourth-order valence-corrected chi connectivity index (χ4v) is 3.03. The molecule has 0 aliphatic carbocycles. The van der Waals surface area contributed by atoms with Crippen molar-refractivity contribution in [1.82, 2.24) is 4.90 Å². The minimum Gasteiger partial charge on any atom is -0.493 e. The van der Waals surface area contributed by atoms with Crippen LogP contribution >= 0.6 is 12.4 Å². The molecule has 0 saturated carbocycles. The van der Waals surface area contributed by atoms with Crippen LogP contribution < -0.4 is 10.5 Å². The summed E-state index contributed by atoms with van der Waals surface area (Å²) in [7, 11) is 0. The van der Waals surface area contributed by atoms with Gasteiger partial charge in [-0.2, -0.15) is 0 Å². The Morgan fingerprint density at radius 1 is 1.47 bits per heavy atom. The highest BCUT2D eigenvalue weighted by molar-refractivity contribution is 5.85. The van der Waals surface area contributed by atoms with E-state index in [1.54, 1.807) is 0 Å². The van der Waals surface area contributed by atoms with Gasteiger partial charge in [-0.15, -0.1) is 12.4 Å². The molecule has 0 amide bonds. The lowest BCUT2D eigenvalue weighted by atomic mass is 10.0. The number of hydrogen-bond donors (Lipinski definition) is 1. The molecule has 1 saturated heterocycles. The average Bonchev–Trinajstić information content (AvgIpc) is 2.96. The maximum absolute atomic E-state index is 5.98. The van der Waals surface area contributed by atoms with Gasteiger partial charge >= 0.3 is 0 Å². The van der Waals surface area contributed by atoms with Crippen LogP contribution in [0.2, 0.25) is 0 Å². The van der Waals surface area contributed by atoms with Crippen molar-refractivity contribution in [1.29, 1.82) is 0 Å². The van der Waals surface area contributed by atoms with Gasteiger partial charge in [0.25, 0.3) is 0 Å². The molecule has 2 atom stereocenters. The summed E-state index contributed by atoms with van der Waals surface area (Å²) in [5.74, 6) is 1.75. The van der Waals surface area contributed by atoms with Crippen molar-refractivity contribution in [3.8, 4) is 5.75 Å². The molecule has 1 fully saturated rings. The minimum atomic E-state index is 0. The lowest BCUT2D eigenvalue weighted by Crippen LogP contribution is -2.29. The van der Waals surface area contributed by atoms with Gasteiger partial charge in [0, 0.05) is 25.6 Å². The van der Waals surface area contributed by atoms with Gasteiger partial charge in [0.05, 0.1) is 6.61 Å². The van der Waals surface area contributed by atoms with Crippen LogP contribution in [0.1, 0.15) is 24.5 Å². The molecule has 3 rings (SSSR count). The quantitative estimate of drug-likeness (QED) is 0.924. The van der Waals surface area contributed by atoms with Gasteiger partial charge in [-0.1, -0.05) is 12.1 Å². The maximum Gasteiger partial charge on any atom is 0.122 e. The lowest BCUT2D eigenvalue weighted by Gasteiger charge is -2.18. The Balaban J connectivity index is 0.00000133. The highest BCUT2D eigenvalue weighted by atomic mass is 35.5. The van der Waals surface area contributed by atoms with Crippen molar-refractivity contribution in [2.75, 3.05) is 19.7 Å². The minimum absolute atomic E-state index is 0. The molecule has 2 aliphatic heterocycles. The topological polar surface area (TPSA) is 38.5 Å². The van der Waals surface area contributed by atoms with Gasteiger partial charge in [-0.3, -0.25) is 4.90 Å². The predicted octanol–water partition coefficient (Wildman–Crippen LogP) is 2.21. The van der Waals surface area contributed by atoms with Crippen LogP contribution in [-0.2, 0) is 13.0 Å². The number of rotatable bonds is 3. The third-order valence-corrected chi connectivity index (χ3v) is 4.21. The van der Waals surface area contributed by atoms with Crippen LogP contribution in [0.15, 0.2) is 18.2 Å². The Hall–Kier alpha value is -0.770. The van der Waals surface area contributed by atoms with E-state index >= 15 is 0 Å². The number of nitrogens with two attached hydrogens (primary N) is 1. The summed E-state index contributed by atoms with van der Waals surface area (Å²) < 4.78 is 5.54. The summed E-state index contributed by atoms with van der Waals surface area (Å²) in [6, 6.07) is 6.95. The van der Waals surface area contributed by atoms with Crippen LogP contribution in [-0.4, -0.2) is 30.6 Å². The number of nitrogens with zero attached hydrogens (tertiary/aromatic N) is 1. The normalized spacial score (nSPS) is 23.6. The lowest BCUT2D eigenvalue weighted by molar-refractivity contribution is 0.308. The fourth-order valence-electron chi connectivity index (χ4n) is 3.03. The Bertz CT molecular complexity index is 436. The zero-order chi connectivity index (χ0) is 12.5. The summed E-state index contributed by atoms with van der Waals surface area (Å²) in [6.45, 7) is 6.34. The third-order valence-electron chi connectivity index (χ3n) is 4.21. The van der Waals surface area contributed by atoms with E-state index in [1.807, 2.05) is 0 Å². The molecule has 0 aromatic heterocycles. The maximum atomic E-state index is 5.98. The van der Waals surface area contributed by atoms with Gasteiger partial charge in [-0.05, 0) is 43.0 Å². The molecule has 3 nitrogen and oxygen atoms in total. The summed E-state index contributed by atoms with van der Waals surface area (Å²) in [6.07, 6.45) is 2.30. The Labute approximate surface area is 121 Å². The van der Waals surface area contributed by atoms with Crippen LogP contribution in [0.3, 0.4) is 0 Å². The monoisotopic (exact) mass is 282 g/mol. The molecule has 0 spiro atoms. The van der Waals surface area contributed by atoms with Crippen molar-refractivity contribution in [2.45, 2.75) is 32.4 Å². The van der Waals surface area contributed by atoms with Crippen molar-refractivity contribution in [3.63, 3.8) is 0 Å². The largest absolute Gasteiger partial charge is 0.493 e. The first-order valence-electron chi connectivity index (χ1n) is 6.95. The van der Waals surface area contributed by atoms with E-state index in [4.69, 9.17) is 10.5 Å². The van der Waals surface area contributed by atoms with Crippen LogP contribution in [0.4, 0.5) is 0 Å². The van der Waals surface area contributed by atoms with E-state index in [2.05, 4.69) is 30.0 Å². The predicted molar refractivity (Wildman–Crippen MR) is 79.9 cm³/mol. The molecule has 0 bridgehead atoms. The summed E-state index contributed by atoms with van der Waals surface area (Å²) in [4.78, 5) is 2.52. The smallest absolute Gasteiger partial charge is 0.122 e. The Morgan fingerprint density at radius 2 is 2.32 bits per heavy atom. The van der Waals surface area contributed by atoms with Gasteiger partial charge in [0.15, 0.2) is 0 Å². The number of benzene rings is 1. The molecule has 2 aliphatic rings. The summed E-state index contributed by atoms with van der Waals surface area (Å²) in [5, 5.41) is 0. The molecular formula is C15H23ClN2O. The van der Waals surface area contributed by atoms with Crippen molar-refractivity contribution >= 4 is 12.4 Å². The molecule has 19 heavy (non-hydrogen) atoms. The van der Waals surface area contributed by atoms with E-state index in [0.29, 0.717) is 12.0 Å². The standard InChI is InChI=1S/C15H22N2O.ClH/c1-11(16)14-4-6-17(10-14)9-12-2-3-15-13(8-12)5-7-18-15;/h2-3,8,11,14H,4-7,9-10,16H2,1H3;1H. The Morgan fingerprint density at radius 3 is 3.05 bits per heavy atom. The molecule has 1 aromatic rings. The molecule has 4 heteroatoms. The van der Waals surface area contributed by atoms with Gasteiger partial charge < -0.3 is 10.5 Å². The summed E-state index contributed by atoms with van der Waals surface area (Å²) in [5.41, 5.74) is 8.76. The zero-order valence-corrected chi connectivity index (χ0v) is 12.3. The second-order valence-corrected chi connectivity index (χ2v) is 5.68. The number of ether oxygens (including phenoxy) is 1. The van der Waals surface area contributed by atoms with E-state index < -0.39 is 0 Å². The number of halogens is 1. The van der Waals surface area contributed by atoms with Crippen LogP contribution in [0.5, 0.6) is 5.75 Å². The highest BCUT2D eigenvalue weighted by Gasteiger charge is 2.25. The molecule has 1 aromatic carbocycles. The first-order chi connectivity index (χ1) is 8.72. The van der Waals surface area contributed by atoms with E-state index in [9.17, 15) is 0 Å². The van der Waals surface area contributed by atoms with Gasteiger partial charge in [-0.25, -0.2) is 0 Å². The third kappa shape index (κ3) is 3.22. The Kier molecular flexibility index (Phi) is 4.71. The molecule has 2 heterocycles. The molecule has 0 radical (unpaired) electrons. The second-order valence-electron chi connectivity index (χ2n) is 5.68. The zero-order valence-electron chi connectivity index (χ0n) is 11.5. The van der Waals surface area contributed by atoms with Crippen molar-refractivity contribution < 1.29 is 4.74 Å². The van der Waals surface area contributed by atoms with Crippen molar-refractivity contribution in [2.24, 2.45) is 11.7 Å². The van der Waals surface area contributed by atoms with Crippen LogP contribution in [0, 0.1) is 5.92 Å². The number of likely N-dealkylation sites (tertiary alicyclic amines) is 1. The number of hydrogen-bond acceptors (Lipinski definition) is 3. The highest BCUT2D eigenvalue weighted by Crippen LogP contribution is 2.27. The first-order valence-corrected chi connectivity index (χ1v) is 6.95. The molecule has 2 N–H and O–H groups in total. The molecular weight excluding hydrogens is 260 g/mol. The molecule has 106 valence electrons. The van der Waals surface area contributed by atoms with E-state index in [0.717, 1.165) is 31.9 Å². The van der Waals surface area contributed by atoms with E-state index in [1.165, 1.54) is 24.1 Å². The van der Waals surface area contributed by atoms with Crippen molar-refractivity contribution in [3.05, 3.63) is 29.3 Å². The number of fused-ring (bicyclic) bond motifs is 1. The molecule has 2 unspecified atom stereocenters. The SMILES string of the molecule is CC(N)C1CCN(Cc2ccc3c(c2)CCO3)C1.Cl. The summed E-state index contributed by atoms with van der Waals surface area (Å²) >= 11 is 0. The fraction of sp³-hybridized carbons (Fsp3) is 0.600. The second kappa shape index (κ2) is 6.12.